The summed E-state index contributed by atoms with van der Waals surface area (Å²) < 4.78 is 13.0. The Kier molecular flexibility index (Phi) is 4.33. The van der Waals surface area contributed by atoms with Crippen LogP contribution in [0.25, 0.3) is 11.3 Å². The normalized spacial score (nSPS) is 15.1. The lowest BCUT2D eigenvalue weighted by Crippen LogP contribution is -2.38. The monoisotopic (exact) mass is 331 g/mol. The summed E-state index contributed by atoms with van der Waals surface area (Å²) in [4.78, 5) is 25.3. The molecule has 0 spiro atoms. The van der Waals surface area contributed by atoms with Crippen molar-refractivity contribution in [3.8, 4) is 11.3 Å². The number of nitrogens with one attached hydrogen (secondary N) is 1. The number of carboxylic acid groups (broad SMARTS) is 1. The number of carbonyl (C=O) groups excluding carboxylic acids is 1. The van der Waals surface area contributed by atoms with Gasteiger partial charge in [0.2, 0.25) is 0 Å². The maximum absolute atomic E-state index is 13.0. The number of carboxylic acids is 1. The highest BCUT2D eigenvalue weighted by atomic mass is 19.1. The zero-order valence-corrected chi connectivity index (χ0v) is 13.2. The lowest BCUT2D eigenvalue weighted by atomic mass is 10.1. The first-order chi connectivity index (χ1) is 11.5. The fourth-order valence-electron chi connectivity index (χ4n) is 2.51. The van der Waals surface area contributed by atoms with Crippen LogP contribution in [0.2, 0.25) is 0 Å². The van der Waals surface area contributed by atoms with Gasteiger partial charge >= 0.3 is 5.97 Å². The van der Waals surface area contributed by atoms with Crippen molar-refractivity contribution in [2.24, 2.45) is 5.92 Å². The third kappa shape index (κ3) is 3.45. The zero-order valence-electron chi connectivity index (χ0n) is 13.2. The van der Waals surface area contributed by atoms with E-state index in [-0.39, 0.29) is 24.3 Å². The molecule has 0 saturated heterocycles. The van der Waals surface area contributed by atoms with Crippen molar-refractivity contribution in [2.75, 3.05) is 6.54 Å². The van der Waals surface area contributed by atoms with Crippen LogP contribution in [0.1, 0.15) is 30.3 Å². The van der Waals surface area contributed by atoms with Gasteiger partial charge in [-0.1, -0.05) is 6.92 Å². The summed E-state index contributed by atoms with van der Waals surface area (Å²) in [6.07, 6.45) is 1.77. The molecular formula is C17H18FN3O3. The third-order valence-corrected chi connectivity index (χ3v) is 4.09. The molecular weight excluding hydrogens is 313 g/mol. The Bertz CT molecular complexity index is 753. The first-order valence-electron chi connectivity index (χ1n) is 7.81. The first kappa shape index (κ1) is 16.2. The number of benzene rings is 1. The molecule has 1 saturated carbocycles. The molecule has 0 radical (unpaired) electrons. The van der Waals surface area contributed by atoms with Crippen LogP contribution >= 0.6 is 0 Å². The van der Waals surface area contributed by atoms with Crippen molar-refractivity contribution >= 4 is 11.9 Å². The molecule has 1 atom stereocenters. The van der Waals surface area contributed by atoms with E-state index in [1.54, 1.807) is 30.0 Å². The molecule has 0 aliphatic heterocycles. The Morgan fingerprint density at radius 2 is 2.04 bits per heavy atom. The molecule has 1 aliphatic carbocycles. The number of rotatable bonds is 6. The van der Waals surface area contributed by atoms with E-state index in [1.807, 2.05) is 0 Å². The molecule has 1 aromatic heterocycles. The standard InChI is InChI=1S/C17H18FN3O3/c1-10(17(23)24)9-21(13-6-7-13)16(22)15-8-14(19-20-15)11-2-4-12(18)5-3-11/h2-5,8,10,13H,6-7,9H2,1H3,(H,19,20)(H,23,24). The number of nitrogens with zero attached hydrogens (tertiary/aromatic N) is 2. The van der Waals surface area contributed by atoms with Gasteiger partial charge < -0.3 is 10.0 Å². The maximum Gasteiger partial charge on any atom is 0.308 e. The smallest absolute Gasteiger partial charge is 0.308 e. The van der Waals surface area contributed by atoms with E-state index in [2.05, 4.69) is 10.2 Å². The van der Waals surface area contributed by atoms with Crippen molar-refractivity contribution in [3.63, 3.8) is 0 Å². The minimum absolute atomic E-state index is 0.0943. The highest BCUT2D eigenvalue weighted by Crippen LogP contribution is 2.29. The van der Waals surface area contributed by atoms with Crippen molar-refractivity contribution < 1.29 is 19.1 Å². The average Bonchev–Trinajstić information content (AvgIpc) is 3.28. The Labute approximate surface area is 138 Å². The number of aromatic nitrogens is 2. The Morgan fingerprint density at radius 1 is 1.38 bits per heavy atom. The molecule has 1 aromatic carbocycles. The summed E-state index contributed by atoms with van der Waals surface area (Å²) in [7, 11) is 0. The summed E-state index contributed by atoms with van der Waals surface area (Å²) in [6, 6.07) is 7.54. The fourth-order valence-corrected chi connectivity index (χ4v) is 2.51. The number of hydrogen-bond acceptors (Lipinski definition) is 3. The van der Waals surface area contributed by atoms with E-state index in [0.29, 0.717) is 17.0 Å². The van der Waals surface area contributed by atoms with Gasteiger partial charge in [0.25, 0.3) is 5.91 Å². The molecule has 1 amide bonds. The topological polar surface area (TPSA) is 86.3 Å². The van der Waals surface area contributed by atoms with Crippen LogP contribution in [-0.4, -0.2) is 44.7 Å². The second kappa shape index (κ2) is 6.43. The number of H-pyrrole nitrogens is 1. The highest BCUT2D eigenvalue weighted by Gasteiger charge is 2.35. The second-order valence-electron chi connectivity index (χ2n) is 6.10. The molecule has 1 aliphatic rings. The molecule has 2 N–H and O–H groups in total. The summed E-state index contributed by atoms with van der Waals surface area (Å²) in [6.45, 7) is 1.76. The minimum atomic E-state index is -0.926. The van der Waals surface area contributed by atoms with Crippen LogP contribution in [0.15, 0.2) is 30.3 Å². The predicted molar refractivity (Wildman–Crippen MR) is 84.8 cm³/mol. The lowest BCUT2D eigenvalue weighted by molar-refractivity contribution is -0.141. The van der Waals surface area contributed by atoms with E-state index in [0.717, 1.165) is 12.8 Å². The number of hydrogen-bond donors (Lipinski definition) is 2. The molecule has 24 heavy (non-hydrogen) atoms. The quantitative estimate of drug-likeness (QED) is 0.852. The molecule has 1 fully saturated rings. The fraction of sp³-hybridized carbons (Fsp3) is 0.353. The molecule has 126 valence electrons. The van der Waals surface area contributed by atoms with Crippen LogP contribution in [0.5, 0.6) is 0 Å². The van der Waals surface area contributed by atoms with Crippen LogP contribution in [0.3, 0.4) is 0 Å². The number of amides is 1. The van der Waals surface area contributed by atoms with Gasteiger partial charge in [-0.3, -0.25) is 14.7 Å². The van der Waals surface area contributed by atoms with Crippen molar-refractivity contribution in [1.82, 2.24) is 15.1 Å². The second-order valence-corrected chi connectivity index (χ2v) is 6.10. The Morgan fingerprint density at radius 3 is 2.62 bits per heavy atom. The SMILES string of the molecule is CC(CN(C(=O)c1cc(-c2ccc(F)cc2)n[nH]1)C1CC1)C(=O)O. The number of carbonyl (C=O) groups is 2. The van der Waals surface area contributed by atoms with Crippen LogP contribution in [0.4, 0.5) is 4.39 Å². The van der Waals surface area contributed by atoms with E-state index < -0.39 is 11.9 Å². The molecule has 2 aromatic rings. The summed E-state index contributed by atoms with van der Waals surface area (Å²) in [5.41, 5.74) is 1.54. The van der Waals surface area contributed by atoms with Gasteiger partial charge in [0.05, 0.1) is 11.6 Å². The molecule has 7 heteroatoms. The lowest BCUT2D eigenvalue weighted by Gasteiger charge is -2.23. The zero-order chi connectivity index (χ0) is 17.3. The molecule has 1 heterocycles. The van der Waals surface area contributed by atoms with Gasteiger partial charge in [0.15, 0.2) is 0 Å². The molecule has 1 unspecified atom stereocenters. The van der Waals surface area contributed by atoms with Crippen molar-refractivity contribution in [2.45, 2.75) is 25.8 Å². The van der Waals surface area contributed by atoms with Gasteiger partial charge in [-0.25, -0.2) is 4.39 Å². The number of aromatic amines is 1. The summed E-state index contributed by atoms with van der Waals surface area (Å²) in [5, 5.41) is 15.9. The van der Waals surface area contributed by atoms with E-state index in [1.165, 1.54) is 12.1 Å². The van der Waals surface area contributed by atoms with Crippen LogP contribution < -0.4 is 0 Å². The van der Waals surface area contributed by atoms with Crippen molar-refractivity contribution in [1.29, 1.82) is 0 Å². The summed E-state index contributed by atoms with van der Waals surface area (Å²) >= 11 is 0. The Balaban J connectivity index is 1.78. The van der Waals surface area contributed by atoms with Gasteiger partial charge in [0.1, 0.15) is 11.5 Å². The van der Waals surface area contributed by atoms with Crippen LogP contribution in [0, 0.1) is 11.7 Å². The third-order valence-electron chi connectivity index (χ3n) is 4.09. The predicted octanol–water partition coefficient (Wildman–Crippen LogP) is 2.54. The number of aliphatic carboxylic acids is 1. The van der Waals surface area contributed by atoms with Gasteiger partial charge in [-0.15, -0.1) is 0 Å². The van der Waals surface area contributed by atoms with Gasteiger partial charge in [-0.2, -0.15) is 5.10 Å². The first-order valence-corrected chi connectivity index (χ1v) is 7.81. The average molecular weight is 331 g/mol. The van der Waals surface area contributed by atoms with Gasteiger partial charge in [-0.05, 0) is 43.2 Å². The molecule has 6 nitrogen and oxygen atoms in total. The van der Waals surface area contributed by atoms with E-state index >= 15 is 0 Å². The number of halogens is 1. The van der Waals surface area contributed by atoms with E-state index in [9.17, 15) is 14.0 Å². The maximum atomic E-state index is 13.0. The summed E-state index contributed by atoms with van der Waals surface area (Å²) in [5.74, 6) is -2.15. The van der Waals surface area contributed by atoms with Crippen LogP contribution in [-0.2, 0) is 4.79 Å². The Hall–Kier alpha value is -2.70. The minimum Gasteiger partial charge on any atom is -0.481 e. The largest absolute Gasteiger partial charge is 0.481 e. The van der Waals surface area contributed by atoms with Gasteiger partial charge in [0, 0.05) is 18.2 Å². The molecule has 0 bridgehead atoms. The highest BCUT2D eigenvalue weighted by molar-refractivity contribution is 5.94. The molecule has 3 rings (SSSR count). The van der Waals surface area contributed by atoms with Crippen molar-refractivity contribution in [3.05, 3.63) is 41.8 Å². The van der Waals surface area contributed by atoms with E-state index in [4.69, 9.17) is 5.11 Å².